The number of carbonyl (C=O) groups is 2. The molecule has 1 aliphatic rings. The van der Waals surface area contributed by atoms with Crippen molar-refractivity contribution < 1.29 is 14.3 Å². The van der Waals surface area contributed by atoms with Gasteiger partial charge >= 0.3 is 5.97 Å². The SMILES string of the molecule is CCOC(=O)C1CCCN(C(=O)c2cc(-c3ccc(Br)cc3)n[nH]2)C1. The zero-order valence-corrected chi connectivity index (χ0v) is 15.6. The van der Waals surface area contributed by atoms with E-state index in [0.717, 1.165) is 28.6 Å². The van der Waals surface area contributed by atoms with Crippen LogP contribution in [0.3, 0.4) is 0 Å². The summed E-state index contributed by atoms with van der Waals surface area (Å²) in [7, 11) is 0. The van der Waals surface area contributed by atoms with Crippen molar-refractivity contribution in [3.63, 3.8) is 0 Å². The molecule has 1 unspecified atom stereocenters. The molecule has 0 saturated carbocycles. The molecule has 6 nitrogen and oxygen atoms in total. The predicted molar refractivity (Wildman–Crippen MR) is 97.0 cm³/mol. The highest BCUT2D eigenvalue weighted by Crippen LogP contribution is 2.23. The number of amides is 1. The number of esters is 1. The van der Waals surface area contributed by atoms with Gasteiger partial charge in [0.25, 0.3) is 5.91 Å². The van der Waals surface area contributed by atoms with Crippen LogP contribution in [0.15, 0.2) is 34.8 Å². The Balaban J connectivity index is 1.70. The average molecular weight is 406 g/mol. The molecule has 2 aromatic rings. The lowest BCUT2D eigenvalue weighted by atomic mass is 9.98. The summed E-state index contributed by atoms with van der Waals surface area (Å²) in [6.07, 6.45) is 1.55. The fourth-order valence-corrected chi connectivity index (χ4v) is 3.25. The first-order chi connectivity index (χ1) is 12.1. The summed E-state index contributed by atoms with van der Waals surface area (Å²) in [5.41, 5.74) is 2.08. The van der Waals surface area contributed by atoms with Crippen molar-refractivity contribution in [1.29, 1.82) is 0 Å². The first-order valence-corrected chi connectivity index (χ1v) is 9.15. The number of halogens is 1. The van der Waals surface area contributed by atoms with Crippen LogP contribution in [0, 0.1) is 5.92 Å². The summed E-state index contributed by atoms with van der Waals surface area (Å²) < 4.78 is 6.07. The standard InChI is InChI=1S/C18H20BrN3O3/c1-2-25-18(24)13-4-3-9-22(11-13)17(23)16-10-15(20-21-16)12-5-7-14(19)8-6-12/h5-8,10,13H,2-4,9,11H2,1H3,(H,20,21). The summed E-state index contributed by atoms with van der Waals surface area (Å²) >= 11 is 3.40. The van der Waals surface area contributed by atoms with E-state index in [4.69, 9.17) is 4.74 Å². The van der Waals surface area contributed by atoms with Gasteiger partial charge in [-0.15, -0.1) is 0 Å². The second-order valence-electron chi connectivity index (χ2n) is 6.02. The molecule has 1 aromatic carbocycles. The molecule has 1 atom stereocenters. The molecule has 0 radical (unpaired) electrons. The maximum atomic E-state index is 12.7. The Hall–Kier alpha value is -2.15. The summed E-state index contributed by atoms with van der Waals surface area (Å²) in [5.74, 6) is -0.600. The lowest BCUT2D eigenvalue weighted by molar-refractivity contribution is -0.149. The quantitative estimate of drug-likeness (QED) is 0.791. The van der Waals surface area contributed by atoms with E-state index in [9.17, 15) is 9.59 Å². The van der Waals surface area contributed by atoms with Crippen molar-refractivity contribution in [2.45, 2.75) is 19.8 Å². The Morgan fingerprint density at radius 2 is 2.12 bits per heavy atom. The number of hydrogen-bond donors (Lipinski definition) is 1. The van der Waals surface area contributed by atoms with Gasteiger partial charge in [-0.1, -0.05) is 28.1 Å². The van der Waals surface area contributed by atoms with E-state index in [-0.39, 0.29) is 17.8 Å². The number of aromatic amines is 1. The highest BCUT2D eigenvalue weighted by Gasteiger charge is 2.30. The zero-order valence-electron chi connectivity index (χ0n) is 14.0. The molecule has 0 aliphatic carbocycles. The molecule has 1 N–H and O–H groups in total. The van der Waals surface area contributed by atoms with Gasteiger partial charge in [0.05, 0.1) is 18.2 Å². The zero-order chi connectivity index (χ0) is 17.8. The molecular formula is C18H20BrN3O3. The third kappa shape index (κ3) is 4.10. The van der Waals surface area contributed by atoms with Gasteiger partial charge in [0, 0.05) is 23.1 Å². The van der Waals surface area contributed by atoms with E-state index in [2.05, 4.69) is 26.1 Å². The highest BCUT2D eigenvalue weighted by molar-refractivity contribution is 9.10. The van der Waals surface area contributed by atoms with Crippen molar-refractivity contribution in [2.24, 2.45) is 5.92 Å². The van der Waals surface area contributed by atoms with Crippen LogP contribution in [0.1, 0.15) is 30.3 Å². The Bertz CT molecular complexity index is 757. The molecule has 1 saturated heterocycles. The number of ether oxygens (including phenoxy) is 1. The van der Waals surface area contributed by atoms with Crippen molar-refractivity contribution in [1.82, 2.24) is 15.1 Å². The van der Waals surface area contributed by atoms with E-state index in [1.54, 1.807) is 17.9 Å². The second-order valence-corrected chi connectivity index (χ2v) is 6.93. The third-order valence-electron chi connectivity index (χ3n) is 4.28. The number of rotatable bonds is 4. The Morgan fingerprint density at radius 1 is 1.36 bits per heavy atom. The normalized spacial score (nSPS) is 17.4. The van der Waals surface area contributed by atoms with Crippen molar-refractivity contribution in [3.05, 3.63) is 40.5 Å². The summed E-state index contributed by atoms with van der Waals surface area (Å²) in [4.78, 5) is 26.4. The molecule has 0 bridgehead atoms. The van der Waals surface area contributed by atoms with Crippen LogP contribution in [-0.4, -0.2) is 46.7 Å². The van der Waals surface area contributed by atoms with Crippen LogP contribution >= 0.6 is 15.9 Å². The van der Waals surface area contributed by atoms with Gasteiger partial charge < -0.3 is 9.64 Å². The number of H-pyrrole nitrogens is 1. The topological polar surface area (TPSA) is 75.3 Å². The van der Waals surface area contributed by atoms with Crippen LogP contribution in [0.25, 0.3) is 11.3 Å². The van der Waals surface area contributed by atoms with Crippen LogP contribution in [0.5, 0.6) is 0 Å². The number of hydrogen-bond acceptors (Lipinski definition) is 4. The van der Waals surface area contributed by atoms with Crippen LogP contribution in [0.2, 0.25) is 0 Å². The molecule has 1 aromatic heterocycles. The monoisotopic (exact) mass is 405 g/mol. The van der Waals surface area contributed by atoms with Crippen LogP contribution in [-0.2, 0) is 9.53 Å². The smallest absolute Gasteiger partial charge is 0.310 e. The lowest BCUT2D eigenvalue weighted by Gasteiger charge is -2.31. The van der Waals surface area contributed by atoms with Gasteiger partial charge in [-0.2, -0.15) is 5.10 Å². The first-order valence-electron chi connectivity index (χ1n) is 8.35. The van der Waals surface area contributed by atoms with Crippen LogP contribution < -0.4 is 0 Å². The maximum absolute atomic E-state index is 12.7. The minimum Gasteiger partial charge on any atom is -0.466 e. The molecule has 7 heteroatoms. The fourth-order valence-electron chi connectivity index (χ4n) is 2.98. The van der Waals surface area contributed by atoms with Gasteiger partial charge in [0.1, 0.15) is 5.69 Å². The number of nitrogens with zero attached hydrogens (tertiary/aromatic N) is 2. The Kier molecular flexibility index (Phi) is 5.53. The molecule has 25 heavy (non-hydrogen) atoms. The van der Waals surface area contributed by atoms with Gasteiger partial charge in [-0.3, -0.25) is 14.7 Å². The van der Waals surface area contributed by atoms with Gasteiger partial charge in [0.2, 0.25) is 0 Å². The largest absolute Gasteiger partial charge is 0.466 e. The minimum absolute atomic E-state index is 0.134. The number of carbonyl (C=O) groups excluding carboxylic acids is 2. The van der Waals surface area contributed by atoms with Gasteiger partial charge in [-0.05, 0) is 38.0 Å². The molecule has 0 spiro atoms. The van der Waals surface area contributed by atoms with E-state index < -0.39 is 0 Å². The summed E-state index contributed by atoms with van der Waals surface area (Å²) in [6, 6.07) is 9.48. The number of aromatic nitrogens is 2. The van der Waals surface area contributed by atoms with E-state index in [1.165, 1.54) is 0 Å². The van der Waals surface area contributed by atoms with Crippen molar-refractivity contribution in [2.75, 3.05) is 19.7 Å². The summed E-state index contributed by atoms with van der Waals surface area (Å²) in [6.45, 7) is 3.18. The maximum Gasteiger partial charge on any atom is 0.310 e. The molecule has 3 rings (SSSR count). The van der Waals surface area contributed by atoms with E-state index in [0.29, 0.717) is 25.4 Å². The highest BCUT2D eigenvalue weighted by atomic mass is 79.9. The average Bonchev–Trinajstić information content (AvgIpc) is 3.12. The first kappa shape index (κ1) is 17.7. The number of likely N-dealkylation sites (tertiary alicyclic amines) is 1. The third-order valence-corrected chi connectivity index (χ3v) is 4.81. The van der Waals surface area contributed by atoms with Gasteiger partial charge in [0.15, 0.2) is 0 Å². The number of piperidine rings is 1. The Morgan fingerprint density at radius 3 is 2.84 bits per heavy atom. The lowest BCUT2D eigenvalue weighted by Crippen LogP contribution is -2.43. The van der Waals surface area contributed by atoms with Gasteiger partial charge in [-0.25, -0.2) is 0 Å². The predicted octanol–water partition coefficient (Wildman–Crippen LogP) is 3.25. The van der Waals surface area contributed by atoms with E-state index in [1.807, 2.05) is 24.3 Å². The number of nitrogens with one attached hydrogen (secondary N) is 1. The molecule has 1 fully saturated rings. The molecule has 1 aliphatic heterocycles. The minimum atomic E-state index is -0.244. The summed E-state index contributed by atoms with van der Waals surface area (Å²) in [5, 5.41) is 7.05. The molecule has 2 heterocycles. The van der Waals surface area contributed by atoms with Crippen molar-refractivity contribution >= 4 is 27.8 Å². The fraction of sp³-hybridized carbons (Fsp3) is 0.389. The molecule has 1 amide bonds. The Labute approximate surface area is 154 Å². The molecular weight excluding hydrogens is 386 g/mol. The van der Waals surface area contributed by atoms with Crippen LogP contribution in [0.4, 0.5) is 0 Å². The van der Waals surface area contributed by atoms with Crippen molar-refractivity contribution in [3.8, 4) is 11.3 Å². The van der Waals surface area contributed by atoms with E-state index >= 15 is 0 Å². The number of benzene rings is 1. The second kappa shape index (κ2) is 7.82. The molecule has 132 valence electrons.